The van der Waals surface area contributed by atoms with E-state index in [1.165, 1.54) is 12.1 Å². The predicted octanol–water partition coefficient (Wildman–Crippen LogP) is 3.98. The first-order valence-corrected chi connectivity index (χ1v) is 11.3. The number of carbonyl (C=O) groups is 2. The molecule has 0 saturated heterocycles. The van der Waals surface area contributed by atoms with Gasteiger partial charge in [0.2, 0.25) is 5.91 Å². The molecule has 0 radical (unpaired) electrons. The minimum atomic E-state index is -0.816. The maximum Gasteiger partial charge on any atom is 0.273 e. The molecule has 0 spiro atoms. The van der Waals surface area contributed by atoms with Crippen LogP contribution in [0.3, 0.4) is 0 Å². The molecule has 0 unspecified atom stereocenters. The summed E-state index contributed by atoms with van der Waals surface area (Å²) in [5.74, 6) is -0.449. The van der Waals surface area contributed by atoms with E-state index in [2.05, 4.69) is 20.9 Å². The average Bonchev–Trinajstić information content (AvgIpc) is 3.40. The van der Waals surface area contributed by atoms with Crippen molar-refractivity contribution in [3.8, 4) is 0 Å². The van der Waals surface area contributed by atoms with Crippen LogP contribution in [0.15, 0.2) is 59.1 Å². The van der Waals surface area contributed by atoms with Crippen LogP contribution >= 0.6 is 0 Å². The van der Waals surface area contributed by atoms with Crippen LogP contribution in [0.25, 0.3) is 10.9 Å². The summed E-state index contributed by atoms with van der Waals surface area (Å²) in [5.41, 5.74) is 1.87. The normalized spacial score (nSPS) is 12.5. The molecule has 4 aromatic rings. The fourth-order valence-corrected chi connectivity index (χ4v) is 3.83. The van der Waals surface area contributed by atoms with Crippen LogP contribution in [0, 0.1) is 18.2 Å². The van der Waals surface area contributed by atoms with Crippen molar-refractivity contribution in [3.63, 3.8) is 0 Å². The van der Waals surface area contributed by atoms with E-state index in [0.717, 1.165) is 11.1 Å². The first-order chi connectivity index (χ1) is 16.6. The van der Waals surface area contributed by atoms with Crippen LogP contribution in [-0.4, -0.2) is 32.8 Å². The summed E-state index contributed by atoms with van der Waals surface area (Å²) in [6.45, 7) is 7.97. The number of rotatable bonds is 7. The average molecular weight is 478 g/mol. The molecule has 0 fully saturated rings. The summed E-state index contributed by atoms with van der Waals surface area (Å²) in [7, 11) is 0. The molecule has 1 atom stereocenters. The molecule has 182 valence electrons. The van der Waals surface area contributed by atoms with E-state index in [-0.39, 0.29) is 24.0 Å². The predicted molar refractivity (Wildman–Crippen MR) is 129 cm³/mol. The lowest BCUT2D eigenvalue weighted by atomic mass is 9.86. The topological polar surface area (TPSA) is 102 Å². The van der Waals surface area contributed by atoms with Gasteiger partial charge in [-0.05, 0) is 36.1 Å². The van der Waals surface area contributed by atoms with Crippen LogP contribution in [0.4, 0.5) is 4.39 Å². The Balaban J connectivity index is 1.56. The zero-order valence-corrected chi connectivity index (χ0v) is 20.1. The van der Waals surface area contributed by atoms with Gasteiger partial charge in [0, 0.05) is 11.5 Å². The number of nitrogens with one attached hydrogen (secondary N) is 2. The van der Waals surface area contributed by atoms with Crippen LogP contribution in [-0.2, 0) is 17.9 Å². The molecule has 0 aliphatic carbocycles. The largest absolute Gasteiger partial charge is 0.361 e. The number of benzene rings is 2. The Labute approximate surface area is 202 Å². The van der Waals surface area contributed by atoms with Crippen molar-refractivity contribution in [2.45, 2.75) is 46.8 Å². The number of hydrogen-bond acceptors (Lipinski definition) is 5. The number of nitrogens with zero attached hydrogens (tertiary/aromatic N) is 3. The molecule has 0 aliphatic heterocycles. The molecular formula is C26H28FN5O3. The summed E-state index contributed by atoms with van der Waals surface area (Å²) < 4.78 is 20.1. The van der Waals surface area contributed by atoms with E-state index < -0.39 is 17.4 Å². The SMILES string of the molecule is Cc1cc(CNC(=O)[C@@H](NC(=O)c2nn(Cc3ccc(F)cc3)c3ccccc23)C(C)(C)C)no1. The Kier molecular flexibility index (Phi) is 6.68. The second-order valence-corrected chi connectivity index (χ2v) is 9.57. The number of fused-ring (bicyclic) bond motifs is 1. The Hall–Kier alpha value is -4.01. The fourth-order valence-electron chi connectivity index (χ4n) is 3.83. The van der Waals surface area contributed by atoms with E-state index in [4.69, 9.17) is 4.52 Å². The summed E-state index contributed by atoms with van der Waals surface area (Å²) >= 11 is 0. The van der Waals surface area contributed by atoms with Crippen molar-refractivity contribution in [2.75, 3.05) is 0 Å². The van der Waals surface area contributed by atoms with Crippen molar-refractivity contribution < 1.29 is 18.5 Å². The Morgan fingerprint density at radius 3 is 2.49 bits per heavy atom. The highest BCUT2D eigenvalue weighted by Gasteiger charge is 2.34. The second-order valence-electron chi connectivity index (χ2n) is 9.57. The smallest absolute Gasteiger partial charge is 0.273 e. The van der Waals surface area contributed by atoms with E-state index in [9.17, 15) is 14.0 Å². The van der Waals surface area contributed by atoms with Gasteiger partial charge in [-0.3, -0.25) is 14.3 Å². The molecule has 0 aliphatic rings. The van der Waals surface area contributed by atoms with Gasteiger partial charge >= 0.3 is 0 Å². The Morgan fingerprint density at radius 1 is 1.11 bits per heavy atom. The van der Waals surface area contributed by atoms with Crippen LogP contribution in [0.5, 0.6) is 0 Å². The van der Waals surface area contributed by atoms with Crippen molar-refractivity contribution >= 4 is 22.7 Å². The molecule has 9 heteroatoms. The molecule has 2 aromatic heterocycles. The highest BCUT2D eigenvalue weighted by molar-refractivity contribution is 6.06. The third kappa shape index (κ3) is 5.56. The zero-order valence-electron chi connectivity index (χ0n) is 20.1. The maximum absolute atomic E-state index is 13.4. The number of para-hydroxylation sites is 1. The summed E-state index contributed by atoms with van der Waals surface area (Å²) in [6, 6.07) is 14.5. The highest BCUT2D eigenvalue weighted by atomic mass is 19.1. The van der Waals surface area contributed by atoms with Gasteiger partial charge in [-0.1, -0.05) is 56.3 Å². The minimum Gasteiger partial charge on any atom is -0.361 e. The van der Waals surface area contributed by atoms with E-state index in [0.29, 0.717) is 23.4 Å². The molecular weight excluding hydrogens is 449 g/mol. The fraction of sp³-hybridized carbons (Fsp3) is 0.308. The monoisotopic (exact) mass is 477 g/mol. The van der Waals surface area contributed by atoms with Gasteiger partial charge in [-0.25, -0.2) is 4.39 Å². The standard InChI is InChI=1S/C26H28FN5O3/c1-16-13-19(31-35-16)14-28-25(34)23(26(2,3)4)29-24(33)22-20-7-5-6-8-21(20)32(30-22)15-17-9-11-18(27)12-10-17/h5-13,23H,14-15H2,1-4H3,(H,28,34)(H,29,33)/t23-/m1/s1. The lowest BCUT2D eigenvalue weighted by Gasteiger charge is -2.30. The highest BCUT2D eigenvalue weighted by Crippen LogP contribution is 2.23. The van der Waals surface area contributed by atoms with Crippen molar-refractivity contribution in [3.05, 3.63) is 83.1 Å². The molecule has 8 nitrogen and oxygen atoms in total. The maximum atomic E-state index is 13.4. The number of hydrogen-bond donors (Lipinski definition) is 2. The first kappa shape index (κ1) is 24.1. The van der Waals surface area contributed by atoms with Crippen LogP contribution in [0.1, 0.15) is 48.3 Å². The summed E-state index contributed by atoms with van der Waals surface area (Å²) in [6.07, 6.45) is 0. The van der Waals surface area contributed by atoms with E-state index in [1.54, 1.807) is 29.8 Å². The van der Waals surface area contributed by atoms with Crippen LogP contribution < -0.4 is 10.6 Å². The molecule has 0 saturated carbocycles. The summed E-state index contributed by atoms with van der Waals surface area (Å²) in [5, 5.41) is 14.8. The zero-order chi connectivity index (χ0) is 25.2. The summed E-state index contributed by atoms with van der Waals surface area (Å²) in [4.78, 5) is 26.4. The quantitative estimate of drug-likeness (QED) is 0.419. The number of halogens is 1. The van der Waals surface area contributed by atoms with Gasteiger partial charge in [0.15, 0.2) is 5.69 Å². The number of aromatic nitrogens is 3. The van der Waals surface area contributed by atoms with E-state index in [1.807, 2.05) is 45.0 Å². The van der Waals surface area contributed by atoms with Gasteiger partial charge in [0.05, 0.1) is 18.6 Å². The third-order valence-corrected chi connectivity index (χ3v) is 5.64. The Bertz CT molecular complexity index is 1350. The second kappa shape index (κ2) is 9.69. The van der Waals surface area contributed by atoms with Crippen molar-refractivity contribution in [2.24, 2.45) is 5.41 Å². The molecule has 0 bridgehead atoms. The number of amides is 2. The van der Waals surface area contributed by atoms with Gasteiger partial charge < -0.3 is 15.2 Å². The lowest BCUT2D eigenvalue weighted by Crippen LogP contribution is -2.53. The molecule has 2 amide bonds. The van der Waals surface area contributed by atoms with Crippen molar-refractivity contribution in [1.82, 2.24) is 25.6 Å². The Morgan fingerprint density at radius 2 is 1.83 bits per heavy atom. The lowest BCUT2D eigenvalue weighted by molar-refractivity contribution is -0.125. The van der Waals surface area contributed by atoms with Gasteiger partial charge in [-0.2, -0.15) is 5.10 Å². The number of carbonyl (C=O) groups excluding carboxylic acids is 2. The van der Waals surface area contributed by atoms with Gasteiger partial charge in [0.1, 0.15) is 23.3 Å². The molecule has 2 heterocycles. The van der Waals surface area contributed by atoms with Gasteiger partial charge in [0.25, 0.3) is 5.91 Å². The molecule has 2 aromatic carbocycles. The van der Waals surface area contributed by atoms with Gasteiger partial charge in [-0.15, -0.1) is 0 Å². The van der Waals surface area contributed by atoms with E-state index >= 15 is 0 Å². The first-order valence-electron chi connectivity index (χ1n) is 11.3. The molecule has 2 N–H and O–H groups in total. The molecule has 35 heavy (non-hydrogen) atoms. The molecule has 4 rings (SSSR count). The number of aryl methyl sites for hydroxylation is 1. The van der Waals surface area contributed by atoms with Crippen LogP contribution in [0.2, 0.25) is 0 Å². The van der Waals surface area contributed by atoms with Crippen molar-refractivity contribution in [1.29, 1.82) is 0 Å². The minimum absolute atomic E-state index is 0.188. The third-order valence-electron chi connectivity index (χ3n) is 5.64.